The van der Waals surface area contributed by atoms with Crippen molar-refractivity contribution >= 4 is 21.8 Å². The van der Waals surface area contributed by atoms with Gasteiger partial charge in [-0.3, -0.25) is 0 Å². The fourth-order valence-electron chi connectivity index (χ4n) is 9.46. The second kappa shape index (κ2) is 15.8. The molecule has 0 unspecified atom stereocenters. The summed E-state index contributed by atoms with van der Waals surface area (Å²) in [6.07, 6.45) is 0. The molecule has 0 N–H and O–H groups in total. The quantitative estimate of drug-likeness (QED) is 0.159. The molecule has 13 rings (SSSR count). The zero-order chi connectivity index (χ0) is 44.3. The van der Waals surface area contributed by atoms with Crippen LogP contribution in [-0.4, -0.2) is 34.5 Å². The van der Waals surface area contributed by atoms with E-state index in [1.807, 2.05) is 121 Å². The molecule has 12 aromatic rings. The van der Waals surface area contributed by atoms with Gasteiger partial charge in [0.2, 0.25) is 0 Å². The highest BCUT2D eigenvalue weighted by Gasteiger charge is 2.27. The van der Waals surface area contributed by atoms with Crippen LogP contribution in [0.4, 0.5) is 0 Å². The molecule has 7 nitrogen and oxygen atoms in total. The van der Waals surface area contributed by atoms with Crippen molar-refractivity contribution in [3.05, 3.63) is 224 Å². The molecule has 0 spiro atoms. The molecular weight excluding hydrogens is 819 g/mol. The summed E-state index contributed by atoms with van der Waals surface area (Å²) in [6, 6.07) is 77.8. The molecule has 4 heterocycles. The molecule has 312 valence electrons. The zero-order valence-corrected chi connectivity index (χ0v) is 36.0. The zero-order valence-electron chi connectivity index (χ0n) is 36.0. The topological polar surface area (TPSA) is 82.3 Å². The van der Waals surface area contributed by atoms with Crippen molar-refractivity contribution in [1.82, 2.24) is 34.5 Å². The normalized spacial score (nSPS) is 11.6. The first kappa shape index (κ1) is 38.3. The minimum Gasteiger partial charge on any atom is -0.308 e. The van der Waals surface area contributed by atoms with Crippen molar-refractivity contribution < 1.29 is 0 Å². The maximum Gasteiger partial charge on any atom is 0.164 e. The van der Waals surface area contributed by atoms with E-state index < -0.39 is 0 Å². The largest absolute Gasteiger partial charge is 0.308 e. The molecule has 67 heavy (non-hydrogen) atoms. The number of hydrogen-bond acceptors (Lipinski definition) is 6. The maximum atomic E-state index is 5.23. The molecule has 0 radical (unpaired) electrons. The number of fused-ring (bicyclic) bond motifs is 8. The highest BCUT2D eigenvalue weighted by atomic mass is 15.0. The van der Waals surface area contributed by atoms with Crippen LogP contribution in [-0.2, 0) is 0 Å². The summed E-state index contributed by atoms with van der Waals surface area (Å²) in [4.78, 5) is 30.7. The number of aromatic nitrogens is 7. The highest BCUT2D eigenvalue weighted by Crippen LogP contribution is 2.49. The molecule has 9 aromatic carbocycles. The number of nitrogens with zero attached hydrogens (tertiary/aromatic N) is 7. The van der Waals surface area contributed by atoms with Gasteiger partial charge in [0.1, 0.15) is 0 Å². The SMILES string of the molecule is c1ccc(-c2ccc3c(c2)c2cc(-c4nc(-c5ccccc5)nc(-c5ccccc5)n4)cc4c2n3-c2ccc(-c3nc(-c5ccccc5)nc(-c5ccccc5)n3)cc2-c2ccccc2-4)cc1. The first-order valence-electron chi connectivity index (χ1n) is 22.4. The first-order chi connectivity index (χ1) is 33.2. The van der Waals surface area contributed by atoms with Crippen molar-refractivity contribution in [3.8, 4) is 107 Å². The summed E-state index contributed by atoms with van der Waals surface area (Å²) >= 11 is 0. The molecular formula is C60H37N7. The Morgan fingerprint density at radius 3 is 1.10 bits per heavy atom. The van der Waals surface area contributed by atoms with Crippen LogP contribution in [0, 0.1) is 0 Å². The number of hydrogen-bond donors (Lipinski definition) is 0. The Balaban J connectivity index is 1.08. The second-order valence-corrected chi connectivity index (χ2v) is 16.7. The molecule has 0 saturated heterocycles. The first-order valence-corrected chi connectivity index (χ1v) is 22.4. The van der Waals surface area contributed by atoms with E-state index in [0.29, 0.717) is 34.9 Å². The Hall–Kier alpha value is -9.20. The van der Waals surface area contributed by atoms with Crippen LogP contribution in [0.25, 0.3) is 129 Å². The minimum atomic E-state index is 0.602. The lowest BCUT2D eigenvalue weighted by molar-refractivity contribution is 1.07. The van der Waals surface area contributed by atoms with E-state index in [1.165, 1.54) is 0 Å². The van der Waals surface area contributed by atoms with Gasteiger partial charge in [0, 0.05) is 55.3 Å². The van der Waals surface area contributed by atoms with E-state index >= 15 is 0 Å². The molecule has 0 aliphatic carbocycles. The fraction of sp³-hybridized carbons (Fsp3) is 0. The lowest BCUT2D eigenvalue weighted by atomic mass is 9.91. The van der Waals surface area contributed by atoms with E-state index in [-0.39, 0.29) is 0 Å². The van der Waals surface area contributed by atoms with Crippen LogP contribution in [0.2, 0.25) is 0 Å². The van der Waals surface area contributed by atoms with Crippen molar-refractivity contribution in [1.29, 1.82) is 0 Å². The van der Waals surface area contributed by atoms with Gasteiger partial charge in [-0.25, -0.2) is 29.9 Å². The predicted octanol–water partition coefficient (Wildman–Crippen LogP) is 14.5. The van der Waals surface area contributed by atoms with Gasteiger partial charge in [0.25, 0.3) is 0 Å². The monoisotopic (exact) mass is 855 g/mol. The summed E-state index contributed by atoms with van der Waals surface area (Å²) < 4.78 is 2.44. The van der Waals surface area contributed by atoms with E-state index in [2.05, 4.69) is 108 Å². The predicted molar refractivity (Wildman–Crippen MR) is 270 cm³/mol. The van der Waals surface area contributed by atoms with Gasteiger partial charge in [0.15, 0.2) is 34.9 Å². The van der Waals surface area contributed by atoms with Crippen LogP contribution >= 0.6 is 0 Å². The average molecular weight is 856 g/mol. The Labute approximate surface area is 386 Å². The molecule has 0 bridgehead atoms. The van der Waals surface area contributed by atoms with Crippen LogP contribution in [0.1, 0.15) is 0 Å². The number of rotatable bonds is 7. The number of benzene rings is 9. The molecule has 3 aromatic heterocycles. The van der Waals surface area contributed by atoms with Gasteiger partial charge < -0.3 is 4.57 Å². The summed E-state index contributed by atoms with van der Waals surface area (Å²) in [5, 5.41) is 2.24. The molecule has 1 aliphatic rings. The molecule has 1 aliphatic heterocycles. The van der Waals surface area contributed by atoms with Gasteiger partial charge in [-0.05, 0) is 64.7 Å². The van der Waals surface area contributed by atoms with Gasteiger partial charge in [0.05, 0.1) is 16.7 Å². The fourth-order valence-corrected chi connectivity index (χ4v) is 9.46. The Morgan fingerprint density at radius 1 is 0.239 bits per heavy atom. The lowest BCUT2D eigenvalue weighted by Crippen LogP contribution is -2.01. The maximum absolute atomic E-state index is 5.23. The van der Waals surface area contributed by atoms with Crippen LogP contribution in [0.3, 0.4) is 0 Å². The minimum absolute atomic E-state index is 0.602. The van der Waals surface area contributed by atoms with Gasteiger partial charge in [-0.15, -0.1) is 0 Å². The summed E-state index contributed by atoms with van der Waals surface area (Å²) in [5.41, 5.74) is 15.4. The second-order valence-electron chi connectivity index (χ2n) is 16.7. The summed E-state index contributed by atoms with van der Waals surface area (Å²) in [7, 11) is 0. The third kappa shape index (κ3) is 6.68. The molecule has 0 saturated carbocycles. The van der Waals surface area contributed by atoms with Crippen LogP contribution in [0.5, 0.6) is 0 Å². The summed E-state index contributed by atoms with van der Waals surface area (Å²) in [5.74, 6) is 3.69. The lowest BCUT2D eigenvalue weighted by Gasteiger charge is -2.15. The van der Waals surface area contributed by atoms with E-state index in [1.54, 1.807) is 0 Å². The van der Waals surface area contributed by atoms with Crippen molar-refractivity contribution in [2.24, 2.45) is 0 Å². The smallest absolute Gasteiger partial charge is 0.164 e. The Bertz CT molecular complexity index is 3720. The van der Waals surface area contributed by atoms with Crippen LogP contribution < -0.4 is 0 Å². The van der Waals surface area contributed by atoms with E-state index in [4.69, 9.17) is 29.9 Å². The molecule has 0 amide bonds. The van der Waals surface area contributed by atoms with Crippen molar-refractivity contribution in [3.63, 3.8) is 0 Å². The third-order valence-corrected chi connectivity index (χ3v) is 12.6. The van der Waals surface area contributed by atoms with Crippen molar-refractivity contribution in [2.45, 2.75) is 0 Å². The summed E-state index contributed by atoms with van der Waals surface area (Å²) in [6.45, 7) is 0. The van der Waals surface area contributed by atoms with Crippen LogP contribution in [0.15, 0.2) is 224 Å². The van der Waals surface area contributed by atoms with Crippen molar-refractivity contribution in [2.75, 3.05) is 0 Å². The highest BCUT2D eigenvalue weighted by molar-refractivity contribution is 6.18. The van der Waals surface area contributed by atoms with E-state index in [0.717, 1.165) is 94.3 Å². The molecule has 0 atom stereocenters. The third-order valence-electron chi connectivity index (χ3n) is 12.6. The van der Waals surface area contributed by atoms with Gasteiger partial charge in [-0.2, -0.15) is 0 Å². The van der Waals surface area contributed by atoms with Gasteiger partial charge >= 0.3 is 0 Å². The molecule has 0 fully saturated rings. The standard InChI is InChI=1S/C60H37N7/c1-6-18-38(19-7-1)43-30-32-53-49(34-43)51-37-45(60-65-57(41-24-12-4-13-25-41)62-58(66-60)42-26-14-5-15-27-42)36-50-47-29-17-16-28-46(47)48-35-44(31-33-52(48)67(53)54(50)51)59-63-55(39-20-8-2-9-21-39)61-56(64-59)40-22-10-3-11-23-40/h1-37H. The Kier molecular flexibility index (Phi) is 9.03. The molecule has 7 heteroatoms. The van der Waals surface area contributed by atoms with E-state index in [9.17, 15) is 0 Å². The van der Waals surface area contributed by atoms with Gasteiger partial charge in [-0.1, -0.05) is 182 Å². The Morgan fingerprint density at radius 2 is 0.612 bits per heavy atom. The average Bonchev–Trinajstić information content (AvgIpc) is 3.68.